The number of guanidine groups is 1. The number of nitrogens with zero attached hydrogens (tertiary/aromatic N) is 2. The molecule has 1 heterocycles. The molecule has 1 fully saturated rings. The predicted octanol–water partition coefficient (Wildman–Crippen LogP) is -1.43. The van der Waals surface area contributed by atoms with Gasteiger partial charge < -0.3 is 15.4 Å². The molecule has 1 aliphatic heterocycles. The van der Waals surface area contributed by atoms with E-state index in [1.807, 2.05) is 4.90 Å². The van der Waals surface area contributed by atoms with Crippen molar-refractivity contribution in [3.63, 3.8) is 0 Å². The summed E-state index contributed by atoms with van der Waals surface area (Å²) < 4.78 is 29.2. The highest BCUT2D eigenvalue weighted by Crippen LogP contribution is 1.96. The third-order valence-electron chi connectivity index (χ3n) is 2.31. The molecule has 8 heteroatoms. The number of hydrogen-bond donors (Lipinski definition) is 2. The van der Waals surface area contributed by atoms with E-state index in [2.05, 4.69) is 9.71 Å². The number of ether oxygens (including phenoxy) is 1. The minimum atomic E-state index is -3.10. The van der Waals surface area contributed by atoms with Crippen LogP contribution in [-0.4, -0.2) is 64.9 Å². The molecule has 1 aliphatic rings. The molecular formula is C9H20N4O3S. The quantitative estimate of drug-likeness (QED) is 0.360. The molecule has 17 heavy (non-hydrogen) atoms. The number of hydrogen-bond acceptors (Lipinski definition) is 4. The minimum absolute atomic E-state index is 0.388. The summed E-state index contributed by atoms with van der Waals surface area (Å²) in [5.41, 5.74) is 5.80. The lowest BCUT2D eigenvalue weighted by Crippen LogP contribution is -2.44. The number of nitrogens with two attached hydrogens (primary N) is 1. The van der Waals surface area contributed by atoms with Crippen molar-refractivity contribution >= 4 is 16.0 Å². The zero-order valence-corrected chi connectivity index (χ0v) is 10.9. The van der Waals surface area contributed by atoms with Crippen LogP contribution in [0.15, 0.2) is 4.99 Å². The van der Waals surface area contributed by atoms with E-state index in [0.29, 0.717) is 38.7 Å². The molecule has 0 radical (unpaired) electrons. The van der Waals surface area contributed by atoms with Gasteiger partial charge in [-0.2, -0.15) is 0 Å². The van der Waals surface area contributed by atoms with Crippen LogP contribution in [0.2, 0.25) is 0 Å². The Bertz CT molecular complexity index is 349. The van der Waals surface area contributed by atoms with Crippen molar-refractivity contribution in [3.05, 3.63) is 0 Å². The van der Waals surface area contributed by atoms with Gasteiger partial charge in [0.1, 0.15) is 0 Å². The van der Waals surface area contributed by atoms with E-state index in [1.54, 1.807) is 0 Å². The van der Waals surface area contributed by atoms with Gasteiger partial charge in [0.2, 0.25) is 10.0 Å². The van der Waals surface area contributed by atoms with Gasteiger partial charge in [-0.3, -0.25) is 4.99 Å². The van der Waals surface area contributed by atoms with Crippen LogP contribution in [0.25, 0.3) is 0 Å². The van der Waals surface area contributed by atoms with E-state index in [1.165, 1.54) is 0 Å². The summed E-state index contributed by atoms with van der Waals surface area (Å²) in [5, 5.41) is 0. The highest BCUT2D eigenvalue weighted by Gasteiger charge is 2.11. The van der Waals surface area contributed by atoms with Crippen LogP contribution >= 0.6 is 0 Å². The first-order valence-corrected chi connectivity index (χ1v) is 7.45. The lowest BCUT2D eigenvalue weighted by atomic mass is 10.4. The van der Waals surface area contributed by atoms with E-state index in [0.717, 1.165) is 19.3 Å². The molecule has 0 aromatic rings. The van der Waals surface area contributed by atoms with E-state index in [4.69, 9.17) is 10.5 Å². The summed E-state index contributed by atoms with van der Waals surface area (Å²) in [7, 11) is -3.10. The monoisotopic (exact) mass is 264 g/mol. The fourth-order valence-electron chi connectivity index (χ4n) is 1.42. The first kappa shape index (κ1) is 14.2. The number of morpholine rings is 1. The number of sulfonamides is 1. The molecule has 0 spiro atoms. The van der Waals surface area contributed by atoms with Gasteiger partial charge in [-0.25, -0.2) is 13.1 Å². The maximum atomic E-state index is 10.8. The van der Waals surface area contributed by atoms with Crippen molar-refractivity contribution < 1.29 is 13.2 Å². The smallest absolute Gasteiger partial charge is 0.208 e. The van der Waals surface area contributed by atoms with Crippen molar-refractivity contribution in [2.75, 3.05) is 45.6 Å². The summed E-state index contributed by atoms with van der Waals surface area (Å²) in [6.45, 7) is 3.77. The summed E-state index contributed by atoms with van der Waals surface area (Å²) in [6.07, 6.45) is 1.77. The molecule has 0 unspecified atom stereocenters. The summed E-state index contributed by atoms with van der Waals surface area (Å²) in [5.74, 6) is 0.507. The van der Waals surface area contributed by atoms with E-state index < -0.39 is 10.0 Å². The molecule has 0 saturated carbocycles. The van der Waals surface area contributed by atoms with Crippen molar-refractivity contribution in [3.8, 4) is 0 Å². The molecule has 0 bridgehead atoms. The first-order chi connectivity index (χ1) is 7.99. The number of aliphatic imine (C=N–C) groups is 1. The van der Waals surface area contributed by atoms with Gasteiger partial charge in [0, 0.05) is 26.2 Å². The zero-order chi connectivity index (χ0) is 12.7. The average Bonchev–Trinajstić information content (AvgIpc) is 2.28. The minimum Gasteiger partial charge on any atom is -0.378 e. The van der Waals surface area contributed by atoms with Gasteiger partial charge in [0.25, 0.3) is 0 Å². The van der Waals surface area contributed by atoms with Gasteiger partial charge in [-0.1, -0.05) is 0 Å². The fraction of sp³-hybridized carbons (Fsp3) is 0.889. The molecule has 3 N–H and O–H groups in total. The molecule has 0 amide bonds. The summed E-state index contributed by atoms with van der Waals surface area (Å²) in [6, 6.07) is 0. The topological polar surface area (TPSA) is 97.0 Å². The van der Waals surface area contributed by atoms with Crippen LogP contribution in [0.4, 0.5) is 0 Å². The fourth-order valence-corrected chi connectivity index (χ4v) is 1.94. The zero-order valence-electron chi connectivity index (χ0n) is 10.1. The van der Waals surface area contributed by atoms with E-state index >= 15 is 0 Å². The Morgan fingerprint density at radius 3 is 2.71 bits per heavy atom. The van der Waals surface area contributed by atoms with Crippen molar-refractivity contribution in [2.45, 2.75) is 6.42 Å². The van der Waals surface area contributed by atoms with Crippen LogP contribution < -0.4 is 10.5 Å². The predicted molar refractivity (Wildman–Crippen MR) is 66.3 cm³/mol. The molecule has 0 aromatic heterocycles. The SMILES string of the molecule is CS(=O)(=O)NCCCN=C(N)N1CCOCC1. The Balaban J connectivity index is 2.19. The normalized spacial score (nSPS) is 18.4. The molecule has 0 aliphatic carbocycles. The first-order valence-electron chi connectivity index (χ1n) is 5.56. The highest BCUT2D eigenvalue weighted by atomic mass is 32.2. The Morgan fingerprint density at radius 2 is 2.12 bits per heavy atom. The van der Waals surface area contributed by atoms with Gasteiger partial charge in [-0.05, 0) is 6.42 Å². The van der Waals surface area contributed by atoms with Crippen molar-refractivity contribution in [1.29, 1.82) is 0 Å². The molecule has 1 rings (SSSR count). The second kappa shape index (κ2) is 6.77. The van der Waals surface area contributed by atoms with Crippen LogP contribution in [0.1, 0.15) is 6.42 Å². The van der Waals surface area contributed by atoms with Gasteiger partial charge in [-0.15, -0.1) is 0 Å². The van der Waals surface area contributed by atoms with Crippen LogP contribution in [0.3, 0.4) is 0 Å². The van der Waals surface area contributed by atoms with Gasteiger partial charge >= 0.3 is 0 Å². The Hall–Kier alpha value is -0.860. The maximum absolute atomic E-state index is 10.8. The third-order valence-corrected chi connectivity index (χ3v) is 3.04. The molecule has 100 valence electrons. The van der Waals surface area contributed by atoms with E-state index in [9.17, 15) is 8.42 Å². The Kier molecular flexibility index (Phi) is 5.66. The third kappa shape index (κ3) is 6.44. The highest BCUT2D eigenvalue weighted by molar-refractivity contribution is 7.88. The second-order valence-corrected chi connectivity index (χ2v) is 5.69. The number of rotatable bonds is 5. The van der Waals surface area contributed by atoms with Crippen molar-refractivity contribution in [1.82, 2.24) is 9.62 Å². The second-order valence-electron chi connectivity index (χ2n) is 3.86. The maximum Gasteiger partial charge on any atom is 0.208 e. The Labute approximate surface area is 102 Å². The molecular weight excluding hydrogens is 244 g/mol. The molecule has 1 saturated heterocycles. The van der Waals surface area contributed by atoms with Crippen LogP contribution in [0, 0.1) is 0 Å². The van der Waals surface area contributed by atoms with Crippen LogP contribution in [-0.2, 0) is 14.8 Å². The molecule has 0 atom stereocenters. The molecule has 0 aromatic carbocycles. The van der Waals surface area contributed by atoms with Crippen LogP contribution in [0.5, 0.6) is 0 Å². The summed E-state index contributed by atoms with van der Waals surface area (Å²) >= 11 is 0. The number of nitrogens with one attached hydrogen (secondary N) is 1. The molecule has 7 nitrogen and oxygen atoms in total. The van der Waals surface area contributed by atoms with Gasteiger partial charge in [0.15, 0.2) is 5.96 Å². The lowest BCUT2D eigenvalue weighted by molar-refractivity contribution is 0.0674. The largest absolute Gasteiger partial charge is 0.378 e. The average molecular weight is 264 g/mol. The Morgan fingerprint density at radius 1 is 1.47 bits per heavy atom. The van der Waals surface area contributed by atoms with Crippen molar-refractivity contribution in [2.24, 2.45) is 10.7 Å². The lowest BCUT2D eigenvalue weighted by Gasteiger charge is -2.27. The standard InChI is InChI=1S/C9H20N4O3S/c1-17(14,15)12-4-2-3-11-9(10)13-5-7-16-8-6-13/h12H,2-8H2,1H3,(H2,10,11). The summed E-state index contributed by atoms with van der Waals surface area (Å²) in [4.78, 5) is 6.16. The van der Waals surface area contributed by atoms with E-state index in [-0.39, 0.29) is 0 Å². The van der Waals surface area contributed by atoms with Gasteiger partial charge in [0.05, 0.1) is 19.5 Å².